The van der Waals surface area contributed by atoms with E-state index < -0.39 is 28.9 Å². The number of aliphatic hydroxyl groups excluding tert-OH is 1. The first-order valence-corrected chi connectivity index (χ1v) is 12.9. The summed E-state index contributed by atoms with van der Waals surface area (Å²) in [5.74, 6) is -4.40. The molecule has 0 spiro atoms. The maximum atomic E-state index is 14.3. The summed E-state index contributed by atoms with van der Waals surface area (Å²) in [6, 6.07) is 4.86. The number of amides is 1. The number of nitrogens with zero attached hydrogens (tertiary/aromatic N) is 5. The summed E-state index contributed by atoms with van der Waals surface area (Å²) in [7, 11) is 1.47. The Labute approximate surface area is 227 Å². The van der Waals surface area contributed by atoms with E-state index in [4.69, 9.17) is 11.6 Å². The molecule has 39 heavy (non-hydrogen) atoms. The number of anilines is 3. The van der Waals surface area contributed by atoms with E-state index in [1.54, 1.807) is 23.1 Å². The number of carbonyl (C=O) groups is 1. The second kappa shape index (κ2) is 11.3. The normalized spacial score (nSPS) is 18.8. The molecule has 0 bridgehead atoms. The van der Waals surface area contributed by atoms with Crippen LogP contribution in [0.2, 0.25) is 5.02 Å². The van der Waals surface area contributed by atoms with Gasteiger partial charge in [-0.05, 0) is 18.2 Å². The molecule has 3 heterocycles. The van der Waals surface area contributed by atoms with Crippen molar-refractivity contribution in [1.29, 1.82) is 0 Å². The van der Waals surface area contributed by atoms with Crippen LogP contribution in [-0.4, -0.2) is 62.8 Å². The van der Waals surface area contributed by atoms with Gasteiger partial charge in [0, 0.05) is 57.2 Å². The number of aliphatic hydroxyl groups is 1. The van der Waals surface area contributed by atoms with Crippen molar-refractivity contribution < 1.29 is 18.7 Å². The van der Waals surface area contributed by atoms with Gasteiger partial charge in [0.25, 0.3) is 5.92 Å². The predicted octanol–water partition coefficient (Wildman–Crippen LogP) is 2.21. The molecule has 0 radical (unpaired) electrons. The van der Waals surface area contributed by atoms with Crippen LogP contribution in [0.15, 0.2) is 34.0 Å². The number of aromatic nitrogens is 4. The Morgan fingerprint density at radius 3 is 2.38 bits per heavy atom. The zero-order valence-electron chi connectivity index (χ0n) is 21.7. The van der Waals surface area contributed by atoms with Crippen LogP contribution in [0.5, 0.6) is 0 Å². The lowest BCUT2D eigenvalue weighted by atomic mass is 9.87. The molecule has 1 fully saturated rings. The molecule has 2 atom stereocenters. The summed E-state index contributed by atoms with van der Waals surface area (Å²) in [6.45, 7) is 2.67. The molecule has 1 aromatic carbocycles. The van der Waals surface area contributed by atoms with Crippen LogP contribution in [0, 0.1) is 11.8 Å². The van der Waals surface area contributed by atoms with Crippen molar-refractivity contribution in [2.75, 3.05) is 37.0 Å². The van der Waals surface area contributed by atoms with Gasteiger partial charge in [0.15, 0.2) is 5.82 Å². The van der Waals surface area contributed by atoms with Gasteiger partial charge in [-0.1, -0.05) is 25.4 Å². The number of rotatable bonds is 8. The largest absolute Gasteiger partial charge is 0.395 e. The first-order valence-electron chi connectivity index (χ1n) is 12.5. The van der Waals surface area contributed by atoms with Gasteiger partial charge in [-0.3, -0.25) is 19.0 Å². The summed E-state index contributed by atoms with van der Waals surface area (Å²) >= 11 is 6.35. The van der Waals surface area contributed by atoms with Crippen LogP contribution < -0.4 is 26.7 Å². The zero-order chi connectivity index (χ0) is 28.5. The molecular formula is C25H30ClF2N7O4. The number of hydrogen-bond acceptors (Lipinski definition) is 8. The minimum atomic E-state index is -2.79. The molecule has 2 aromatic heterocycles. The molecule has 14 heteroatoms. The molecule has 0 aliphatic carbocycles. The summed E-state index contributed by atoms with van der Waals surface area (Å²) in [5.41, 5.74) is -0.433. The fourth-order valence-corrected chi connectivity index (χ4v) is 4.88. The van der Waals surface area contributed by atoms with Gasteiger partial charge in [-0.25, -0.2) is 13.8 Å². The molecule has 0 unspecified atom stereocenters. The molecule has 1 aliphatic rings. The Hall–Kier alpha value is -3.58. The predicted molar refractivity (Wildman–Crippen MR) is 144 cm³/mol. The van der Waals surface area contributed by atoms with Crippen LogP contribution in [-0.2, 0) is 17.9 Å². The summed E-state index contributed by atoms with van der Waals surface area (Å²) in [4.78, 5) is 47.9. The fourth-order valence-electron chi connectivity index (χ4n) is 4.74. The molecule has 1 amide bonds. The van der Waals surface area contributed by atoms with Crippen molar-refractivity contribution in [3.63, 3.8) is 0 Å². The van der Waals surface area contributed by atoms with Crippen LogP contribution in [0.1, 0.15) is 20.3 Å². The summed E-state index contributed by atoms with van der Waals surface area (Å²) < 4.78 is 31.1. The van der Waals surface area contributed by atoms with Crippen molar-refractivity contribution in [3.8, 4) is 0 Å². The average molecular weight is 566 g/mol. The second-order valence-corrected chi connectivity index (χ2v) is 10.0. The molecule has 11 nitrogen and oxygen atoms in total. The third-order valence-electron chi connectivity index (χ3n) is 6.97. The molecule has 3 N–H and O–H groups in total. The van der Waals surface area contributed by atoms with Gasteiger partial charge in [-0.2, -0.15) is 4.98 Å². The summed E-state index contributed by atoms with van der Waals surface area (Å²) in [5, 5.41) is 15.2. The van der Waals surface area contributed by atoms with Gasteiger partial charge in [-0.15, -0.1) is 0 Å². The van der Waals surface area contributed by atoms with Gasteiger partial charge in [0.1, 0.15) is 5.02 Å². The first-order chi connectivity index (χ1) is 18.5. The van der Waals surface area contributed by atoms with Crippen molar-refractivity contribution in [3.05, 3.63) is 50.1 Å². The topological polar surface area (TPSA) is 134 Å². The average Bonchev–Trinajstić information content (AvgIpc) is 2.90. The summed E-state index contributed by atoms with van der Waals surface area (Å²) in [6.07, 6.45) is 1.35. The van der Waals surface area contributed by atoms with E-state index in [9.17, 15) is 28.3 Å². The number of fused-ring (bicyclic) bond motifs is 1. The van der Waals surface area contributed by atoms with E-state index in [0.29, 0.717) is 16.7 Å². The lowest BCUT2D eigenvalue weighted by molar-refractivity contribution is -0.120. The molecular weight excluding hydrogens is 536 g/mol. The van der Waals surface area contributed by atoms with Gasteiger partial charge >= 0.3 is 11.1 Å². The van der Waals surface area contributed by atoms with E-state index >= 15 is 0 Å². The highest BCUT2D eigenvalue weighted by Gasteiger charge is 2.47. The Kier molecular flexibility index (Phi) is 8.21. The van der Waals surface area contributed by atoms with Gasteiger partial charge in [0.05, 0.1) is 23.8 Å². The van der Waals surface area contributed by atoms with Crippen molar-refractivity contribution in [2.45, 2.75) is 39.3 Å². The van der Waals surface area contributed by atoms with E-state index in [1.807, 2.05) is 0 Å². The third-order valence-corrected chi connectivity index (χ3v) is 7.25. The minimum Gasteiger partial charge on any atom is -0.395 e. The SMILES string of the molecule is CNC(=O)CCn1c(=O)c(=O)n(CCO)c2ccc(Nc3nc(N4C[C@@H](C)C(F)(F)[C@@H](C)C4)ncc3Cl)cc21. The van der Waals surface area contributed by atoms with Gasteiger partial charge < -0.3 is 25.2 Å². The molecule has 210 valence electrons. The number of halogens is 3. The standard InChI is InChI=1S/C25H30ClF2N7O4/c1-14-12-33(13-15(2)25(14,27)28)24-30-11-17(26)21(32-24)31-16-4-5-18-19(10-16)34(7-6-20(37)29-3)22(38)23(39)35(18)8-9-36/h4-5,10-11,14-15,36H,6-9,12-13H2,1-3H3,(H,29,37)(H,30,31,32)/t14-,15+. The lowest BCUT2D eigenvalue weighted by Crippen LogP contribution is -2.52. The minimum absolute atomic E-state index is 0.0283. The molecule has 4 rings (SSSR count). The van der Waals surface area contributed by atoms with Gasteiger partial charge in [0.2, 0.25) is 11.9 Å². The van der Waals surface area contributed by atoms with E-state index in [2.05, 4.69) is 20.6 Å². The Bertz CT molecular complexity index is 1500. The number of benzene rings is 1. The number of piperidine rings is 1. The molecule has 1 aliphatic heterocycles. The second-order valence-electron chi connectivity index (χ2n) is 9.64. The van der Waals surface area contributed by atoms with Crippen molar-refractivity contribution >= 4 is 46.0 Å². The Morgan fingerprint density at radius 2 is 1.77 bits per heavy atom. The number of hydrogen-bond donors (Lipinski definition) is 3. The number of aryl methyl sites for hydroxylation is 1. The van der Waals surface area contributed by atoms with E-state index in [0.717, 1.165) is 0 Å². The number of nitrogens with one attached hydrogen (secondary N) is 2. The van der Waals surface area contributed by atoms with Crippen LogP contribution in [0.25, 0.3) is 11.0 Å². The van der Waals surface area contributed by atoms with Crippen molar-refractivity contribution in [2.24, 2.45) is 11.8 Å². The zero-order valence-corrected chi connectivity index (χ0v) is 22.5. The lowest BCUT2D eigenvalue weighted by Gasteiger charge is -2.41. The quantitative estimate of drug-likeness (QED) is 0.354. The van der Waals surface area contributed by atoms with Crippen molar-refractivity contribution in [1.82, 2.24) is 24.4 Å². The molecule has 0 saturated carbocycles. The molecule has 1 saturated heterocycles. The van der Waals surface area contributed by atoms with E-state index in [1.165, 1.54) is 36.2 Å². The number of carbonyl (C=O) groups excluding carboxylic acids is 1. The molecule has 3 aromatic rings. The van der Waals surface area contributed by atoms with Crippen LogP contribution in [0.4, 0.5) is 26.2 Å². The Balaban J connectivity index is 1.72. The maximum Gasteiger partial charge on any atom is 0.317 e. The fraction of sp³-hybridized carbons (Fsp3) is 0.480. The maximum absolute atomic E-state index is 14.3. The highest BCUT2D eigenvalue weighted by Crippen LogP contribution is 2.38. The highest BCUT2D eigenvalue weighted by atomic mass is 35.5. The smallest absolute Gasteiger partial charge is 0.317 e. The van der Waals surface area contributed by atoms with E-state index in [-0.39, 0.29) is 61.9 Å². The first kappa shape index (κ1) is 28.4. The highest BCUT2D eigenvalue weighted by molar-refractivity contribution is 6.32. The van der Waals surface area contributed by atoms with Crippen LogP contribution >= 0.6 is 11.6 Å². The van der Waals surface area contributed by atoms with Crippen LogP contribution in [0.3, 0.4) is 0 Å². The monoisotopic (exact) mass is 565 g/mol. The Morgan fingerprint density at radius 1 is 1.13 bits per heavy atom. The third kappa shape index (κ3) is 5.59. The number of alkyl halides is 2.